The average molecular weight is 308 g/mol. The number of anilines is 1. The molecular formula is C16H18ClNO3. The van der Waals surface area contributed by atoms with Crippen molar-refractivity contribution in [2.24, 2.45) is 0 Å². The van der Waals surface area contributed by atoms with Crippen LogP contribution in [0.25, 0.3) is 0 Å². The van der Waals surface area contributed by atoms with E-state index < -0.39 is 6.10 Å². The van der Waals surface area contributed by atoms with Gasteiger partial charge in [0.05, 0.1) is 20.3 Å². The minimum absolute atomic E-state index is 0.386. The zero-order valence-electron chi connectivity index (χ0n) is 12.0. The molecule has 0 aliphatic carbocycles. The van der Waals surface area contributed by atoms with E-state index in [1.807, 2.05) is 30.3 Å². The molecule has 5 heteroatoms. The van der Waals surface area contributed by atoms with Gasteiger partial charge in [-0.2, -0.15) is 0 Å². The Labute approximate surface area is 129 Å². The molecule has 1 atom stereocenters. The normalized spacial score (nSPS) is 11.8. The highest BCUT2D eigenvalue weighted by atomic mass is 35.5. The summed E-state index contributed by atoms with van der Waals surface area (Å²) >= 11 is 5.83. The lowest BCUT2D eigenvalue weighted by molar-refractivity contribution is 0.191. The number of methoxy groups -OCH3 is 2. The summed E-state index contributed by atoms with van der Waals surface area (Å²) < 4.78 is 10.4. The Balaban J connectivity index is 2.00. The molecule has 21 heavy (non-hydrogen) atoms. The zero-order chi connectivity index (χ0) is 15.2. The standard InChI is InChI=1S/C16H18ClNO3/c1-20-15-8-7-13(9-16(15)21-2)18-10-14(19)11-3-5-12(17)6-4-11/h3-9,14,18-19H,10H2,1-2H3. The maximum absolute atomic E-state index is 10.1. The molecule has 2 aromatic carbocycles. The van der Waals surface area contributed by atoms with Crippen molar-refractivity contribution in [3.8, 4) is 11.5 Å². The molecule has 0 heterocycles. The molecule has 0 fully saturated rings. The smallest absolute Gasteiger partial charge is 0.162 e. The van der Waals surface area contributed by atoms with Gasteiger partial charge < -0.3 is 19.9 Å². The van der Waals surface area contributed by atoms with E-state index in [1.54, 1.807) is 26.4 Å². The van der Waals surface area contributed by atoms with Gasteiger partial charge in [0.15, 0.2) is 11.5 Å². The largest absolute Gasteiger partial charge is 0.493 e. The Morgan fingerprint density at radius 1 is 1.05 bits per heavy atom. The van der Waals surface area contributed by atoms with E-state index in [1.165, 1.54) is 0 Å². The highest BCUT2D eigenvalue weighted by molar-refractivity contribution is 6.30. The van der Waals surface area contributed by atoms with Crippen molar-refractivity contribution in [3.63, 3.8) is 0 Å². The third-order valence-electron chi connectivity index (χ3n) is 3.14. The van der Waals surface area contributed by atoms with Crippen LogP contribution in [0.5, 0.6) is 11.5 Å². The van der Waals surface area contributed by atoms with Crippen molar-refractivity contribution in [2.75, 3.05) is 26.1 Å². The monoisotopic (exact) mass is 307 g/mol. The van der Waals surface area contributed by atoms with Gasteiger partial charge in [0.25, 0.3) is 0 Å². The first kappa shape index (κ1) is 15.5. The number of ether oxygens (including phenoxy) is 2. The summed E-state index contributed by atoms with van der Waals surface area (Å²) in [5, 5.41) is 14.0. The topological polar surface area (TPSA) is 50.7 Å². The molecule has 0 aromatic heterocycles. The quantitative estimate of drug-likeness (QED) is 0.857. The predicted molar refractivity (Wildman–Crippen MR) is 84.4 cm³/mol. The number of hydrogen-bond acceptors (Lipinski definition) is 4. The zero-order valence-corrected chi connectivity index (χ0v) is 12.7. The van der Waals surface area contributed by atoms with Gasteiger partial charge in [0, 0.05) is 23.3 Å². The lowest BCUT2D eigenvalue weighted by Gasteiger charge is -2.15. The van der Waals surface area contributed by atoms with Crippen LogP contribution in [0.4, 0.5) is 5.69 Å². The molecule has 2 aromatic rings. The molecule has 0 radical (unpaired) electrons. The van der Waals surface area contributed by atoms with Crippen LogP contribution < -0.4 is 14.8 Å². The van der Waals surface area contributed by atoms with Crippen molar-refractivity contribution >= 4 is 17.3 Å². The van der Waals surface area contributed by atoms with Gasteiger partial charge in [-0.3, -0.25) is 0 Å². The van der Waals surface area contributed by atoms with Crippen LogP contribution in [-0.4, -0.2) is 25.9 Å². The number of rotatable bonds is 6. The van der Waals surface area contributed by atoms with Crippen LogP contribution in [0.1, 0.15) is 11.7 Å². The fourth-order valence-electron chi connectivity index (χ4n) is 1.96. The molecule has 0 saturated carbocycles. The first-order valence-electron chi connectivity index (χ1n) is 6.53. The average Bonchev–Trinajstić information content (AvgIpc) is 2.52. The van der Waals surface area contributed by atoms with Gasteiger partial charge in [-0.05, 0) is 29.8 Å². The fraction of sp³-hybridized carbons (Fsp3) is 0.250. The lowest BCUT2D eigenvalue weighted by Crippen LogP contribution is -2.12. The van der Waals surface area contributed by atoms with Gasteiger partial charge in [-0.15, -0.1) is 0 Å². The molecule has 0 amide bonds. The molecule has 4 nitrogen and oxygen atoms in total. The summed E-state index contributed by atoms with van der Waals surface area (Å²) in [6, 6.07) is 12.7. The second-order valence-electron chi connectivity index (χ2n) is 4.52. The predicted octanol–water partition coefficient (Wildman–Crippen LogP) is 3.50. The Kier molecular flexibility index (Phi) is 5.31. The van der Waals surface area contributed by atoms with Crippen LogP contribution in [0, 0.1) is 0 Å². The first-order valence-corrected chi connectivity index (χ1v) is 6.91. The fourth-order valence-corrected chi connectivity index (χ4v) is 2.09. The molecule has 0 spiro atoms. The first-order chi connectivity index (χ1) is 10.1. The third-order valence-corrected chi connectivity index (χ3v) is 3.39. The third kappa shape index (κ3) is 4.03. The lowest BCUT2D eigenvalue weighted by atomic mass is 10.1. The van der Waals surface area contributed by atoms with Gasteiger partial charge >= 0.3 is 0 Å². The molecule has 112 valence electrons. The maximum atomic E-state index is 10.1. The van der Waals surface area contributed by atoms with E-state index in [4.69, 9.17) is 21.1 Å². The van der Waals surface area contributed by atoms with Gasteiger partial charge in [-0.25, -0.2) is 0 Å². The molecule has 2 N–H and O–H groups in total. The number of halogens is 1. The summed E-state index contributed by atoms with van der Waals surface area (Å²) in [7, 11) is 3.18. The van der Waals surface area contributed by atoms with E-state index in [0.29, 0.717) is 23.1 Å². The maximum Gasteiger partial charge on any atom is 0.162 e. The molecule has 2 rings (SSSR count). The SMILES string of the molecule is COc1ccc(NCC(O)c2ccc(Cl)cc2)cc1OC. The molecule has 0 aliphatic heterocycles. The minimum atomic E-state index is -0.615. The Morgan fingerprint density at radius 2 is 1.71 bits per heavy atom. The Morgan fingerprint density at radius 3 is 2.33 bits per heavy atom. The van der Waals surface area contributed by atoms with Crippen LogP contribution >= 0.6 is 11.6 Å². The number of hydrogen-bond donors (Lipinski definition) is 2. The summed E-state index contributed by atoms with van der Waals surface area (Å²) in [5.41, 5.74) is 1.66. The Bertz CT molecular complexity index is 587. The summed E-state index contributed by atoms with van der Waals surface area (Å²) in [6.45, 7) is 0.386. The van der Waals surface area contributed by atoms with Crippen molar-refractivity contribution in [1.82, 2.24) is 0 Å². The van der Waals surface area contributed by atoms with E-state index in [9.17, 15) is 5.11 Å². The van der Waals surface area contributed by atoms with Crippen molar-refractivity contribution < 1.29 is 14.6 Å². The van der Waals surface area contributed by atoms with Crippen LogP contribution in [0.3, 0.4) is 0 Å². The molecule has 0 bridgehead atoms. The number of benzene rings is 2. The van der Waals surface area contributed by atoms with E-state index in [0.717, 1.165) is 11.3 Å². The van der Waals surface area contributed by atoms with Gasteiger partial charge in [0.1, 0.15) is 0 Å². The molecular weight excluding hydrogens is 290 g/mol. The van der Waals surface area contributed by atoms with Gasteiger partial charge in [-0.1, -0.05) is 23.7 Å². The number of aliphatic hydroxyl groups excluding tert-OH is 1. The van der Waals surface area contributed by atoms with E-state index >= 15 is 0 Å². The van der Waals surface area contributed by atoms with Crippen molar-refractivity contribution in [1.29, 1.82) is 0 Å². The van der Waals surface area contributed by atoms with Gasteiger partial charge in [0.2, 0.25) is 0 Å². The highest BCUT2D eigenvalue weighted by Gasteiger charge is 2.09. The van der Waals surface area contributed by atoms with Crippen molar-refractivity contribution in [3.05, 3.63) is 53.1 Å². The molecule has 0 saturated heterocycles. The second-order valence-corrected chi connectivity index (χ2v) is 4.95. The summed E-state index contributed by atoms with van der Waals surface area (Å²) in [4.78, 5) is 0. The Hall–Kier alpha value is -1.91. The molecule has 0 aliphatic rings. The van der Waals surface area contributed by atoms with E-state index in [2.05, 4.69) is 5.32 Å². The summed E-state index contributed by atoms with van der Waals surface area (Å²) in [6.07, 6.45) is -0.615. The van der Waals surface area contributed by atoms with Crippen LogP contribution in [0.15, 0.2) is 42.5 Å². The van der Waals surface area contributed by atoms with E-state index in [-0.39, 0.29) is 0 Å². The van der Waals surface area contributed by atoms with Crippen molar-refractivity contribution in [2.45, 2.75) is 6.10 Å². The van der Waals surface area contributed by atoms with Crippen LogP contribution in [0.2, 0.25) is 5.02 Å². The van der Waals surface area contributed by atoms with Crippen LogP contribution in [-0.2, 0) is 0 Å². The second kappa shape index (κ2) is 7.20. The number of aliphatic hydroxyl groups is 1. The molecule has 1 unspecified atom stereocenters. The number of nitrogens with one attached hydrogen (secondary N) is 1. The summed E-state index contributed by atoms with van der Waals surface area (Å²) in [5.74, 6) is 1.31. The highest BCUT2D eigenvalue weighted by Crippen LogP contribution is 2.30. The minimum Gasteiger partial charge on any atom is -0.493 e.